The molecule has 1 aliphatic rings. The Labute approximate surface area is 206 Å². The SMILES string of the molecule is CCn1c(=O)c(C)nc2cc(C(=O)OCC(=O)c3cc(C)n(-c4ccc5c(c4)OCO5)c3C)ccc21. The fraction of sp³-hybridized carbons (Fsp3) is 0.259. The van der Waals surface area contributed by atoms with Crippen molar-refractivity contribution >= 4 is 22.8 Å². The lowest BCUT2D eigenvalue weighted by Gasteiger charge is -2.11. The summed E-state index contributed by atoms with van der Waals surface area (Å²) in [6.07, 6.45) is 0. The molecule has 0 aliphatic carbocycles. The van der Waals surface area contributed by atoms with Crippen molar-refractivity contribution in [1.29, 1.82) is 0 Å². The Bertz CT molecular complexity index is 1600. The Morgan fingerprint density at radius 2 is 1.81 bits per heavy atom. The number of fused-ring (bicyclic) bond motifs is 2. The predicted molar refractivity (Wildman–Crippen MR) is 132 cm³/mol. The van der Waals surface area contributed by atoms with Crippen molar-refractivity contribution in [2.75, 3.05) is 13.4 Å². The van der Waals surface area contributed by atoms with Gasteiger partial charge in [-0.1, -0.05) is 0 Å². The van der Waals surface area contributed by atoms with E-state index < -0.39 is 12.6 Å². The summed E-state index contributed by atoms with van der Waals surface area (Å²) in [5.41, 5.74) is 4.50. The van der Waals surface area contributed by atoms with E-state index in [2.05, 4.69) is 4.98 Å². The number of benzene rings is 2. The Kier molecular flexibility index (Phi) is 5.83. The molecular weight excluding hydrogens is 462 g/mol. The van der Waals surface area contributed by atoms with Crippen LogP contribution in [0.1, 0.15) is 44.7 Å². The van der Waals surface area contributed by atoms with Gasteiger partial charge in [-0.3, -0.25) is 9.59 Å². The van der Waals surface area contributed by atoms with Gasteiger partial charge in [-0.2, -0.15) is 0 Å². The number of nitrogens with zero attached hydrogens (tertiary/aromatic N) is 3. The molecule has 184 valence electrons. The van der Waals surface area contributed by atoms with Crippen LogP contribution in [0.3, 0.4) is 0 Å². The van der Waals surface area contributed by atoms with Gasteiger partial charge in [-0.05, 0) is 64.1 Å². The summed E-state index contributed by atoms with van der Waals surface area (Å²) in [5.74, 6) is 0.390. The molecule has 9 heteroatoms. The number of carbonyl (C=O) groups is 2. The molecule has 36 heavy (non-hydrogen) atoms. The van der Waals surface area contributed by atoms with E-state index in [4.69, 9.17) is 14.2 Å². The van der Waals surface area contributed by atoms with Crippen LogP contribution in [0.5, 0.6) is 11.5 Å². The maximum atomic E-state index is 13.0. The number of Topliss-reactive ketones (excluding diaryl/α,β-unsaturated/α-hetero) is 1. The maximum absolute atomic E-state index is 13.0. The molecule has 2 aromatic carbocycles. The molecule has 0 bridgehead atoms. The smallest absolute Gasteiger partial charge is 0.338 e. The van der Waals surface area contributed by atoms with Crippen LogP contribution in [-0.4, -0.2) is 39.3 Å². The minimum atomic E-state index is -0.636. The van der Waals surface area contributed by atoms with Crippen molar-refractivity contribution in [1.82, 2.24) is 14.1 Å². The van der Waals surface area contributed by atoms with Crippen LogP contribution in [0.2, 0.25) is 0 Å². The largest absolute Gasteiger partial charge is 0.454 e. The molecule has 0 spiro atoms. The van der Waals surface area contributed by atoms with Crippen LogP contribution in [0.4, 0.5) is 0 Å². The van der Waals surface area contributed by atoms with Gasteiger partial charge < -0.3 is 23.3 Å². The fourth-order valence-corrected chi connectivity index (χ4v) is 4.57. The van der Waals surface area contributed by atoms with Gasteiger partial charge in [0.2, 0.25) is 12.6 Å². The van der Waals surface area contributed by atoms with Gasteiger partial charge in [0.15, 0.2) is 18.1 Å². The summed E-state index contributed by atoms with van der Waals surface area (Å²) in [5, 5.41) is 0. The predicted octanol–water partition coefficient (Wildman–Crippen LogP) is 3.90. The summed E-state index contributed by atoms with van der Waals surface area (Å²) in [7, 11) is 0. The zero-order valence-electron chi connectivity index (χ0n) is 20.5. The molecule has 0 atom stereocenters. The lowest BCUT2D eigenvalue weighted by molar-refractivity contribution is 0.0474. The van der Waals surface area contributed by atoms with E-state index in [0.717, 1.165) is 17.1 Å². The van der Waals surface area contributed by atoms with Gasteiger partial charge in [0.05, 0.1) is 16.6 Å². The van der Waals surface area contributed by atoms with Crippen molar-refractivity contribution in [2.24, 2.45) is 0 Å². The highest BCUT2D eigenvalue weighted by atomic mass is 16.7. The van der Waals surface area contributed by atoms with Gasteiger partial charge in [-0.25, -0.2) is 9.78 Å². The molecule has 0 amide bonds. The van der Waals surface area contributed by atoms with Gasteiger partial charge in [0.25, 0.3) is 5.56 Å². The van der Waals surface area contributed by atoms with E-state index >= 15 is 0 Å². The molecule has 0 radical (unpaired) electrons. The first-order valence-corrected chi connectivity index (χ1v) is 11.6. The van der Waals surface area contributed by atoms with E-state index in [0.29, 0.717) is 40.3 Å². The number of esters is 1. The quantitative estimate of drug-likeness (QED) is 0.300. The third-order valence-corrected chi connectivity index (χ3v) is 6.34. The number of aromatic nitrogens is 3. The van der Waals surface area contributed by atoms with Crippen molar-refractivity contribution in [2.45, 2.75) is 34.2 Å². The van der Waals surface area contributed by atoms with E-state index in [1.54, 1.807) is 35.8 Å². The highest BCUT2D eigenvalue weighted by Gasteiger charge is 2.21. The standard InChI is InChI=1S/C27H25N3O6/c1-5-29-22-8-6-18(11-21(22)28-16(3)26(29)32)27(33)34-13-23(31)20-10-15(2)30(17(20)4)19-7-9-24-25(12-19)36-14-35-24/h6-12H,5,13-14H2,1-4H3. The number of ketones is 1. The second-order valence-corrected chi connectivity index (χ2v) is 8.61. The minimum Gasteiger partial charge on any atom is -0.454 e. The second-order valence-electron chi connectivity index (χ2n) is 8.61. The second kappa shape index (κ2) is 8.99. The molecule has 0 N–H and O–H groups in total. The highest BCUT2D eigenvalue weighted by Crippen LogP contribution is 2.35. The van der Waals surface area contributed by atoms with Gasteiger partial charge in [-0.15, -0.1) is 0 Å². The zero-order valence-corrected chi connectivity index (χ0v) is 20.5. The van der Waals surface area contributed by atoms with Crippen LogP contribution in [-0.2, 0) is 11.3 Å². The summed E-state index contributed by atoms with van der Waals surface area (Å²) < 4.78 is 19.7. The molecule has 2 aromatic heterocycles. The van der Waals surface area contributed by atoms with E-state index in [9.17, 15) is 14.4 Å². The molecule has 0 saturated heterocycles. The van der Waals surface area contributed by atoms with E-state index in [-0.39, 0.29) is 23.7 Å². The van der Waals surface area contributed by atoms with Crippen molar-refractivity contribution < 1.29 is 23.8 Å². The molecule has 9 nitrogen and oxygen atoms in total. The first kappa shape index (κ1) is 23.3. The van der Waals surface area contributed by atoms with Crippen LogP contribution < -0.4 is 15.0 Å². The Morgan fingerprint density at radius 1 is 1.03 bits per heavy atom. The van der Waals surface area contributed by atoms with Crippen molar-refractivity contribution in [3.05, 3.63) is 81.0 Å². The normalized spacial score (nSPS) is 12.2. The number of aryl methyl sites for hydroxylation is 3. The average molecular weight is 488 g/mol. The zero-order chi connectivity index (χ0) is 25.6. The average Bonchev–Trinajstić information content (AvgIpc) is 3.45. The number of ether oxygens (including phenoxy) is 3. The number of rotatable bonds is 6. The molecule has 5 rings (SSSR count). The first-order valence-electron chi connectivity index (χ1n) is 11.6. The van der Waals surface area contributed by atoms with E-state index in [1.165, 1.54) is 0 Å². The lowest BCUT2D eigenvalue weighted by Crippen LogP contribution is -2.23. The van der Waals surface area contributed by atoms with Gasteiger partial charge >= 0.3 is 5.97 Å². The Balaban J connectivity index is 1.34. The van der Waals surface area contributed by atoms with Crippen LogP contribution in [0, 0.1) is 20.8 Å². The maximum Gasteiger partial charge on any atom is 0.338 e. The van der Waals surface area contributed by atoms with E-state index in [1.807, 2.05) is 43.5 Å². The van der Waals surface area contributed by atoms with Crippen LogP contribution in [0.25, 0.3) is 16.7 Å². The van der Waals surface area contributed by atoms with Gasteiger partial charge in [0, 0.05) is 35.2 Å². The fourth-order valence-electron chi connectivity index (χ4n) is 4.57. The summed E-state index contributed by atoms with van der Waals surface area (Å²) in [6, 6.07) is 12.2. The first-order chi connectivity index (χ1) is 17.3. The topological polar surface area (TPSA) is 102 Å². The number of hydrogen-bond acceptors (Lipinski definition) is 7. The lowest BCUT2D eigenvalue weighted by atomic mass is 10.1. The summed E-state index contributed by atoms with van der Waals surface area (Å²) in [6.45, 7) is 7.53. The Morgan fingerprint density at radius 3 is 2.58 bits per heavy atom. The highest BCUT2D eigenvalue weighted by molar-refractivity contribution is 6.01. The van der Waals surface area contributed by atoms with Crippen LogP contribution in [0.15, 0.2) is 47.3 Å². The molecule has 1 aliphatic heterocycles. The summed E-state index contributed by atoms with van der Waals surface area (Å²) in [4.78, 5) is 42.3. The molecular formula is C27H25N3O6. The summed E-state index contributed by atoms with van der Waals surface area (Å²) >= 11 is 0. The third-order valence-electron chi connectivity index (χ3n) is 6.34. The third kappa shape index (κ3) is 3.92. The molecule has 0 fully saturated rings. The number of carbonyl (C=O) groups excluding carboxylic acids is 2. The monoisotopic (exact) mass is 487 g/mol. The molecule has 0 unspecified atom stereocenters. The molecule has 3 heterocycles. The molecule has 4 aromatic rings. The van der Waals surface area contributed by atoms with Gasteiger partial charge in [0.1, 0.15) is 5.69 Å². The van der Waals surface area contributed by atoms with Crippen molar-refractivity contribution in [3.63, 3.8) is 0 Å². The number of hydrogen-bond donors (Lipinski definition) is 0. The van der Waals surface area contributed by atoms with Crippen molar-refractivity contribution in [3.8, 4) is 17.2 Å². The molecule has 0 saturated carbocycles. The minimum absolute atomic E-state index is 0.163. The Hall–Kier alpha value is -4.40. The van der Waals surface area contributed by atoms with Crippen LogP contribution >= 0.6 is 0 Å².